The van der Waals surface area contributed by atoms with Gasteiger partial charge in [-0.15, -0.1) is 11.3 Å². The molecule has 1 fully saturated rings. The van der Waals surface area contributed by atoms with Crippen LogP contribution in [0.15, 0.2) is 24.4 Å². The topological polar surface area (TPSA) is 80.9 Å². The highest BCUT2D eigenvalue weighted by Gasteiger charge is 2.35. The van der Waals surface area contributed by atoms with E-state index in [1.807, 2.05) is 24.1 Å². The Kier molecular flexibility index (Phi) is 5.10. The fourth-order valence-electron chi connectivity index (χ4n) is 3.03. The zero-order valence-corrected chi connectivity index (χ0v) is 15.4. The largest absolute Gasteiger partial charge is 0.497 e. The van der Waals surface area contributed by atoms with Crippen LogP contribution < -0.4 is 20.1 Å². The maximum Gasteiger partial charge on any atom is 0.244 e. The molecule has 3 rings (SSSR count). The smallest absolute Gasteiger partial charge is 0.244 e. The third-order valence-corrected chi connectivity index (χ3v) is 5.15. The van der Waals surface area contributed by atoms with E-state index in [0.717, 1.165) is 17.0 Å². The number of hydrogen-bond acceptors (Lipinski definition) is 7. The minimum Gasteiger partial charge on any atom is -0.497 e. The Hall–Kier alpha value is -2.32. The van der Waals surface area contributed by atoms with Gasteiger partial charge in [0.05, 0.1) is 25.9 Å². The Morgan fingerprint density at radius 1 is 1.32 bits per heavy atom. The summed E-state index contributed by atoms with van der Waals surface area (Å²) in [5, 5.41) is 0.547. The molecule has 134 valence electrons. The van der Waals surface area contributed by atoms with E-state index >= 15 is 0 Å². The van der Waals surface area contributed by atoms with Crippen LogP contribution in [0.3, 0.4) is 0 Å². The molecule has 1 aliphatic rings. The molecule has 0 radical (unpaired) electrons. The van der Waals surface area contributed by atoms with Crippen LogP contribution in [0.25, 0.3) is 0 Å². The zero-order chi connectivity index (χ0) is 18.0. The van der Waals surface area contributed by atoms with Crippen molar-refractivity contribution in [1.82, 2.24) is 9.88 Å². The Morgan fingerprint density at radius 3 is 2.56 bits per heavy atom. The number of ether oxygens (including phenoxy) is 2. The van der Waals surface area contributed by atoms with Crippen molar-refractivity contribution in [2.75, 3.05) is 38.4 Å². The Balaban J connectivity index is 1.75. The molecule has 0 aliphatic carbocycles. The van der Waals surface area contributed by atoms with E-state index in [1.165, 1.54) is 11.3 Å². The molecule has 7 nitrogen and oxygen atoms in total. The molecule has 1 aliphatic heterocycles. The maximum absolute atomic E-state index is 12.9. The van der Waals surface area contributed by atoms with Gasteiger partial charge in [0, 0.05) is 42.4 Å². The summed E-state index contributed by atoms with van der Waals surface area (Å²) >= 11 is 1.45. The lowest BCUT2D eigenvalue weighted by Crippen LogP contribution is -2.39. The second kappa shape index (κ2) is 7.28. The molecule has 1 aromatic heterocycles. The number of carbonyl (C=O) groups excluding carboxylic acids is 1. The van der Waals surface area contributed by atoms with Crippen molar-refractivity contribution in [2.24, 2.45) is 0 Å². The van der Waals surface area contributed by atoms with Gasteiger partial charge in [0.1, 0.15) is 11.5 Å². The first-order valence-electron chi connectivity index (χ1n) is 7.96. The van der Waals surface area contributed by atoms with Crippen LogP contribution in [-0.4, -0.2) is 49.6 Å². The number of benzene rings is 1. The molecule has 0 saturated carbocycles. The number of hydrogen-bond donors (Lipinski definition) is 1. The van der Waals surface area contributed by atoms with Gasteiger partial charge in [-0.1, -0.05) is 0 Å². The minimum absolute atomic E-state index is 0.0790. The molecule has 1 saturated heterocycles. The van der Waals surface area contributed by atoms with Crippen molar-refractivity contribution < 1.29 is 14.3 Å². The number of nitrogens with zero attached hydrogens (tertiary/aromatic N) is 3. The molecule has 1 unspecified atom stereocenters. The van der Waals surface area contributed by atoms with Gasteiger partial charge < -0.3 is 20.1 Å². The lowest BCUT2D eigenvalue weighted by molar-refractivity contribution is -0.121. The average molecular weight is 362 g/mol. The molecule has 1 aromatic carbocycles. The molecule has 2 N–H and O–H groups in total. The number of carbonyl (C=O) groups is 1. The molecular weight excluding hydrogens is 340 g/mol. The van der Waals surface area contributed by atoms with Crippen LogP contribution in [0.1, 0.15) is 11.3 Å². The van der Waals surface area contributed by atoms with Gasteiger partial charge in [0.15, 0.2) is 5.13 Å². The lowest BCUT2D eigenvalue weighted by Gasteiger charge is -2.23. The van der Waals surface area contributed by atoms with Crippen molar-refractivity contribution in [1.29, 1.82) is 0 Å². The summed E-state index contributed by atoms with van der Waals surface area (Å²) < 4.78 is 10.6. The van der Waals surface area contributed by atoms with Gasteiger partial charge in [-0.2, -0.15) is 0 Å². The minimum atomic E-state index is -0.166. The van der Waals surface area contributed by atoms with Crippen molar-refractivity contribution in [3.05, 3.63) is 29.3 Å². The fourth-order valence-corrected chi connectivity index (χ4v) is 3.78. The molecular formula is C17H22N4O3S. The van der Waals surface area contributed by atoms with Crippen molar-refractivity contribution in [2.45, 2.75) is 19.0 Å². The molecule has 1 amide bonds. The van der Waals surface area contributed by atoms with E-state index in [4.69, 9.17) is 15.2 Å². The van der Waals surface area contributed by atoms with Gasteiger partial charge in [-0.05, 0) is 13.5 Å². The second-order valence-corrected chi connectivity index (χ2v) is 7.09. The number of methoxy groups -OCH3 is 2. The Morgan fingerprint density at radius 2 is 2.00 bits per heavy atom. The summed E-state index contributed by atoms with van der Waals surface area (Å²) in [5.41, 5.74) is 6.47. The van der Waals surface area contributed by atoms with E-state index in [-0.39, 0.29) is 11.9 Å². The normalized spacial score (nSPS) is 17.4. The first kappa shape index (κ1) is 17.5. The number of nitrogen functional groups attached to an aromatic ring is 1. The number of anilines is 2. The van der Waals surface area contributed by atoms with E-state index in [2.05, 4.69) is 4.98 Å². The molecule has 2 heterocycles. The number of amides is 1. The van der Waals surface area contributed by atoms with Gasteiger partial charge in [-0.3, -0.25) is 9.69 Å². The van der Waals surface area contributed by atoms with Crippen molar-refractivity contribution in [3.8, 4) is 11.5 Å². The van der Waals surface area contributed by atoms with E-state index in [0.29, 0.717) is 29.7 Å². The van der Waals surface area contributed by atoms with Crippen LogP contribution in [0, 0.1) is 0 Å². The summed E-state index contributed by atoms with van der Waals surface area (Å²) in [4.78, 5) is 21.9. The Labute approximate surface area is 151 Å². The zero-order valence-electron chi connectivity index (χ0n) is 14.6. The first-order chi connectivity index (χ1) is 12.0. The van der Waals surface area contributed by atoms with E-state index in [1.54, 1.807) is 31.4 Å². The van der Waals surface area contributed by atoms with Crippen LogP contribution in [0.5, 0.6) is 11.5 Å². The van der Waals surface area contributed by atoms with Gasteiger partial charge >= 0.3 is 0 Å². The van der Waals surface area contributed by atoms with Crippen LogP contribution >= 0.6 is 11.3 Å². The van der Waals surface area contributed by atoms with Gasteiger partial charge in [0.2, 0.25) is 5.91 Å². The van der Waals surface area contributed by atoms with Crippen LogP contribution in [0.2, 0.25) is 0 Å². The van der Waals surface area contributed by atoms with Crippen molar-refractivity contribution in [3.63, 3.8) is 0 Å². The van der Waals surface area contributed by atoms with Crippen LogP contribution in [-0.2, 0) is 11.3 Å². The third-order valence-electron chi connectivity index (χ3n) is 4.33. The molecule has 8 heteroatoms. The van der Waals surface area contributed by atoms with Crippen molar-refractivity contribution >= 4 is 28.1 Å². The Bertz CT molecular complexity index is 742. The SMILES string of the molecule is COc1cc(OC)cc(N2CCC(N(C)Cc3cnc(N)s3)C2=O)c1. The summed E-state index contributed by atoms with van der Waals surface area (Å²) in [5.74, 6) is 1.41. The molecule has 2 aromatic rings. The van der Waals surface area contributed by atoms with Gasteiger partial charge in [0.25, 0.3) is 0 Å². The number of likely N-dealkylation sites (N-methyl/N-ethyl adjacent to an activating group) is 1. The molecule has 25 heavy (non-hydrogen) atoms. The summed E-state index contributed by atoms with van der Waals surface area (Å²) in [6, 6.07) is 5.34. The lowest BCUT2D eigenvalue weighted by atomic mass is 10.2. The standard InChI is InChI=1S/C17H22N4O3S/c1-20(10-14-9-19-17(18)25-14)15-4-5-21(16(15)22)11-6-12(23-2)8-13(7-11)24-3/h6-9,15H,4-5,10H2,1-3H3,(H2,18,19). The fraction of sp³-hybridized carbons (Fsp3) is 0.412. The number of nitrogens with two attached hydrogens (primary N) is 1. The summed E-state index contributed by atoms with van der Waals surface area (Å²) in [6.45, 7) is 1.32. The first-order valence-corrected chi connectivity index (χ1v) is 8.78. The monoisotopic (exact) mass is 362 g/mol. The van der Waals surface area contributed by atoms with Crippen LogP contribution in [0.4, 0.5) is 10.8 Å². The van der Waals surface area contributed by atoms with E-state index in [9.17, 15) is 4.79 Å². The summed E-state index contributed by atoms with van der Waals surface area (Å²) in [7, 11) is 5.15. The molecule has 0 bridgehead atoms. The second-order valence-electron chi connectivity index (χ2n) is 5.95. The molecule has 0 spiro atoms. The quantitative estimate of drug-likeness (QED) is 0.846. The number of rotatable bonds is 6. The highest BCUT2D eigenvalue weighted by atomic mass is 32.1. The highest BCUT2D eigenvalue weighted by Crippen LogP contribution is 2.32. The van der Waals surface area contributed by atoms with E-state index < -0.39 is 0 Å². The average Bonchev–Trinajstić information content (AvgIpc) is 3.19. The predicted molar refractivity (Wildman–Crippen MR) is 98.3 cm³/mol. The maximum atomic E-state index is 12.9. The predicted octanol–water partition coefficient (Wildman–Crippen LogP) is 1.98. The number of thiazole rings is 1. The number of aromatic nitrogens is 1. The summed E-state index contributed by atoms with van der Waals surface area (Å²) in [6.07, 6.45) is 2.53. The van der Waals surface area contributed by atoms with Gasteiger partial charge in [-0.25, -0.2) is 4.98 Å². The highest BCUT2D eigenvalue weighted by molar-refractivity contribution is 7.15. The third kappa shape index (κ3) is 3.69. The molecule has 1 atom stereocenters.